The van der Waals surface area contributed by atoms with Crippen LogP contribution in [0.4, 0.5) is 5.82 Å². The largest absolute Gasteiger partial charge is 0.367 e. The molecule has 0 spiro atoms. The summed E-state index contributed by atoms with van der Waals surface area (Å²) in [4.78, 5) is 8.82. The number of piperidine rings is 1. The molecule has 0 unspecified atom stereocenters. The average molecular weight is 309 g/mol. The first kappa shape index (κ1) is 15.0. The Kier molecular flexibility index (Phi) is 3.65. The highest BCUT2D eigenvalue weighted by Gasteiger charge is 2.38. The fraction of sp³-hybridized carbons (Fsp3) is 0.750. The summed E-state index contributed by atoms with van der Waals surface area (Å²) >= 11 is 6.08. The van der Waals surface area contributed by atoms with E-state index < -0.39 is 0 Å². The van der Waals surface area contributed by atoms with Crippen molar-refractivity contribution in [3.05, 3.63) is 16.5 Å². The SMILES string of the molecule is CC1(C)CC(Nc2nc(Cl)nc3c2CCC3)CC(C)(C)N1. The van der Waals surface area contributed by atoms with Crippen LogP contribution in [0.1, 0.15) is 58.2 Å². The van der Waals surface area contributed by atoms with Crippen LogP contribution in [-0.2, 0) is 12.8 Å². The summed E-state index contributed by atoms with van der Waals surface area (Å²) in [6.45, 7) is 9.06. The topological polar surface area (TPSA) is 49.8 Å². The first-order chi connectivity index (χ1) is 9.74. The minimum Gasteiger partial charge on any atom is -0.367 e. The molecule has 116 valence electrons. The number of aryl methyl sites for hydroxylation is 1. The van der Waals surface area contributed by atoms with Crippen molar-refractivity contribution in [3.8, 4) is 0 Å². The fourth-order valence-electron chi connectivity index (χ4n) is 4.14. The summed E-state index contributed by atoms with van der Waals surface area (Å²) in [6.07, 6.45) is 5.39. The van der Waals surface area contributed by atoms with Gasteiger partial charge in [-0.1, -0.05) is 0 Å². The van der Waals surface area contributed by atoms with Gasteiger partial charge in [0.2, 0.25) is 5.28 Å². The van der Waals surface area contributed by atoms with Crippen molar-refractivity contribution in [2.24, 2.45) is 0 Å². The van der Waals surface area contributed by atoms with Gasteiger partial charge < -0.3 is 10.6 Å². The second-order valence-electron chi connectivity index (χ2n) is 7.76. The third-order valence-electron chi connectivity index (χ3n) is 4.44. The molecular formula is C16H25ClN4. The lowest BCUT2D eigenvalue weighted by Gasteiger charge is -2.46. The van der Waals surface area contributed by atoms with Crippen molar-refractivity contribution in [3.63, 3.8) is 0 Å². The number of nitrogens with zero attached hydrogens (tertiary/aromatic N) is 2. The minimum absolute atomic E-state index is 0.124. The molecule has 1 aromatic heterocycles. The molecule has 2 aliphatic rings. The van der Waals surface area contributed by atoms with E-state index in [1.54, 1.807) is 0 Å². The van der Waals surface area contributed by atoms with Gasteiger partial charge in [-0.15, -0.1) is 0 Å². The van der Waals surface area contributed by atoms with Crippen LogP contribution in [0.5, 0.6) is 0 Å². The van der Waals surface area contributed by atoms with Crippen LogP contribution < -0.4 is 10.6 Å². The Bertz CT molecular complexity index is 537. The molecule has 2 N–H and O–H groups in total. The van der Waals surface area contributed by atoms with Crippen molar-refractivity contribution in [2.45, 2.75) is 76.9 Å². The molecule has 4 nitrogen and oxygen atoms in total. The lowest BCUT2D eigenvalue weighted by atomic mass is 9.79. The third kappa shape index (κ3) is 3.32. The number of anilines is 1. The number of nitrogens with one attached hydrogen (secondary N) is 2. The van der Waals surface area contributed by atoms with E-state index in [0.717, 1.165) is 43.6 Å². The fourth-order valence-corrected chi connectivity index (χ4v) is 4.33. The Morgan fingerprint density at radius 2 is 1.76 bits per heavy atom. The molecule has 1 fully saturated rings. The van der Waals surface area contributed by atoms with E-state index in [0.29, 0.717) is 11.3 Å². The number of aromatic nitrogens is 2. The molecule has 0 aromatic carbocycles. The van der Waals surface area contributed by atoms with Crippen molar-refractivity contribution in [1.29, 1.82) is 0 Å². The zero-order valence-electron chi connectivity index (χ0n) is 13.4. The zero-order valence-corrected chi connectivity index (χ0v) is 14.1. The van der Waals surface area contributed by atoms with Crippen LogP contribution in [0, 0.1) is 0 Å². The highest BCUT2D eigenvalue weighted by atomic mass is 35.5. The Hall–Kier alpha value is -0.870. The van der Waals surface area contributed by atoms with Gasteiger partial charge in [0.05, 0.1) is 5.69 Å². The van der Waals surface area contributed by atoms with Crippen molar-refractivity contribution < 1.29 is 0 Å². The lowest BCUT2D eigenvalue weighted by Crippen LogP contribution is -2.60. The molecule has 1 aliphatic heterocycles. The molecular weight excluding hydrogens is 284 g/mol. The Labute approximate surface area is 132 Å². The van der Waals surface area contributed by atoms with Crippen molar-refractivity contribution in [2.75, 3.05) is 5.32 Å². The monoisotopic (exact) mass is 308 g/mol. The van der Waals surface area contributed by atoms with Gasteiger partial charge in [0.1, 0.15) is 5.82 Å². The van der Waals surface area contributed by atoms with Gasteiger partial charge in [-0.3, -0.25) is 0 Å². The molecule has 3 rings (SSSR count). The number of halogens is 1. The van der Waals surface area contributed by atoms with Gasteiger partial charge in [0.25, 0.3) is 0 Å². The van der Waals surface area contributed by atoms with E-state index >= 15 is 0 Å². The van der Waals surface area contributed by atoms with E-state index in [4.69, 9.17) is 11.6 Å². The predicted octanol–water partition coefficient (Wildman–Crippen LogP) is 3.34. The molecule has 2 heterocycles. The summed E-state index contributed by atoms with van der Waals surface area (Å²) in [5.41, 5.74) is 2.65. The maximum absolute atomic E-state index is 6.08. The van der Waals surface area contributed by atoms with Gasteiger partial charge in [-0.2, -0.15) is 0 Å². The number of hydrogen-bond acceptors (Lipinski definition) is 4. The first-order valence-corrected chi connectivity index (χ1v) is 8.23. The number of fused-ring (bicyclic) bond motifs is 1. The second kappa shape index (κ2) is 5.10. The lowest BCUT2D eigenvalue weighted by molar-refractivity contribution is 0.170. The van der Waals surface area contributed by atoms with Crippen LogP contribution >= 0.6 is 11.6 Å². The molecule has 1 aliphatic carbocycles. The average Bonchev–Trinajstić information content (AvgIpc) is 2.71. The van der Waals surface area contributed by atoms with Crippen LogP contribution in [0.3, 0.4) is 0 Å². The standard InChI is InChI=1S/C16H25ClN4/c1-15(2)8-10(9-16(3,4)21-15)18-13-11-6-5-7-12(11)19-14(17)20-13/h10,21H,5-9H2,1-4H3,(H,18,19,20). The molecule has 0 amide bonds. The third-order valence-corrected chi connectivity index (χ3v) is 4.61. The van der Waals surface area contributed by atoms with Gasteiger partial charge in [-0.05, 0) is 71.4 Å². The van der Waals surface area contributed by atoms with E-state index in [2.05, 4.69) is 48.3 Å². The number of rotatable bonds is 2. The van der Waals surface area contributed by atoms with Gasteiger partial charge >= 0.3 is 0 Å². The van der Waals surface area contributed by atoms with Crippen LogP contribution in [0.15, 0.2) is 0 Å². The van der Waals surface area contributed by atoms with E-state index in [1.165, 1.54) is 5.56 Å². The van der Waals surface area contributed by atoms with E-state index in [9.17, 15) is 0 Å². The molecule has 1 aromatic rings. The maximum Gasteiger partial charge on any atom is 0.224 e. The van der Waals surface area contributed by atoms with Crippen LogP contribution in [-0.4, -0.2) is 27.1 Å². The van der Waals surface area contributed by atoms with Crippen LogP contribution in [0.2, 0.25) is 5.28 Å². The first-order valence-electron chi connectivity index (χ1n) is 7.85. The van der Waals surface area contributed by atoms with Crippen LogP contribution in [0.25, 0.3) is 0 Å². The quantitative estimate of drug-likeness (QED) is 0.823. The Morgan fingerprint density at radius 1 is 1.10 bits per heavy atom. The molecule has 0 bridgehead atoms. The molecule has 0 atom stereocenters. The second-order valence-corrected chi connectivity index (χ2v) is 8.10. The minimum atomic E-state index is 0.124. The summed E-state index contributed by atoms with van der Waals surface area (Å²) in [5, 5.41) is 7.74. The smallest absolute Gasteiger partial charge is 0.224 e. The van der Waals surface area contributed by atoms with Gasteiger partial charge in [0, 0.05) is 22.7 Å². The predicted molar refractivity (Wildman–Crippen MR) is 87.0 cm³/mol. The normalized spacial score (nSPS) is 23.9. The van der Waals surface area contributed by atoms with E-state index in [-0.39, 0.29) is 11.1 Å². The molecule has 5 heteroatoms. The highest BCUT2D eigenvalue weighted by molar-refractivity contribution is 6.28. The van der Waals surface area contributed by atoms with Crippen molar-refractivity contribution in [1.82, 2.24) is 15.3 Å². The zero-order chi connectivity index (χ0) is 15.3. The Balaban J connectivity index is 1.84. The van der Waals surface area contributed by atoms with Gasteiger partial charge in [-0.25, -0.2) is 9.97 Å². The summed E-state index contributed by atoms with van der Waals surface area (Å²) in [5.74, 6) is 0.959. The molecule has 0 radical (unpaired) electrons. The Morgan fingerprint density at radius 3 is 2.43 bits per heavy atom. The summed E-state index contributed by atoms with van der Waals surface area (Å²) < 4.78 is 0. The van der Waals surface area contributed by atoms with Gasteiger partial charge in [0.15, 0.2) is 0 Å². The number of hydrogen-bond donors (Lipinski definition) is 2. The molecule has 1 saturated heterocycles. The summed E-state index contributed by atoms with van der Waals surface area (Å²) in [7, 11) is 0. The van der Waals surface area contributed by atoms with Crippen molar-refractivity contribution >= 4 is 17.4 Å². The highest BCUT2D eigenvalue weighted by Crippen LogP contribution is 2.33. The maximum atomic E-state index is 6.08. The summed E-state index contributed by atoms with van der Waals surface area (Å²) in [6, 6.07) is 0.409. The molecule has 21 heavy (non-hydrogen) atoms. The molecule has 0 saturated carbocycles. The van der Waals surface area contributed by atoms with E-state index in [1.807, 2.05) is 0 Å².